The first kappa shape index (κ1) is 28.6. The molecule has 214 valence electrons. The van der Waals surface area contributed by atoms with Crippen LogP contribution in [0, 0.1) is 0 Å². The lowest BCUT2D eigenvalue weighted by Gasteiger charge is -2.35. The molecule has 1 aromatic carbocycles. The summed E-state index contributed by atoms with van der Waals surface area (Å²) in [6.45, 7) is 16.0. The first-order chi connectivity index (χ1) is 19.1. The summed E-state index contributed by atoms with van der Waals surface area (Å²) in [6, 6.07) is 11.0. The van der Waals surface area contributed by atoms with Crippen molar-refractivity contribution in [3.63, 3.8) is 0 Å². The summed E-state index contributed by atoms with van der Waals surface area (Å²) in [5.74, 6) is 2.27. The van der Waals surface area contributed by atoms with Crippen LogP contribution in [-0.4, -0.2) is 58.6 Å². The van der Waals surface area contributed by atoms with E-state index in [2.05, 4.69) is 94.3 Å². The van der Waals surface area contributed by atoms with Gasteiger partial charge in [0, 0.05) is 74.3 Å². The Kier molecular flexibility index (Phi) is 8.83. The molecule has 0 amide bonds. The highest BCUT2D eigenvalue weighted by Crippen LogP contribution is 2.22. The van der Waals surface area contributed by atoms with Gasteiger partial charge in [-0.15, -0.1) is 21.5 Å². The van der Waals surface area contributed by atoms with Crippen LogP contribution in [0.4, 0.5) is 0 Å². The molecule has 5 rings (SSSR count). The van der Waals surface area contributed by atoms with Crippen LogP contribution in [-0.2, 0) is 45.3 Å². The highest BCUT2D eigenvalue weighted by molar-refractivity contribution is 7.09. The molecule has 1 N–H and O–H groups in total. The van der Waals surface area contributed by atoms with E-state index >= 15 is 0 Å². The number of nitrogens with zero attached hydrogens (tertiary/aromatic N) is 7. The Morgan fingerprint density at radius 1 is 1.05 bits per heavy atom. The minimum absolute atomic E-state index is 0.00985. The third kappa shape index (κ3) is 7.65. The van der Waals surface area contributed by atoms with Crippen molar-refractivity contribution in [3.05, 3.63) is 81.6 Å². The molecule has 0 atom stereocenters. The van der Waals surface area contributed by atoms with Crippen LogP contribution in [0.15, 0.2) is 48.1 Å². The van der Waals surface area contributed by atoms with E-state index in [1.54, 1.807) is 11.3 Å². The van der Waals surface area contributed by atoms with Gasteiger partial charge in [0.05, 0.1) is 17.2 Å². The summed E-state index contributed by atoms with van der Waals surface area (Å²) in [4.78, 5) is 7.48. The normalized spacial score (nSPS) is 13.8. The van der Waals surface area contributed by atoms with Crippen molar-refractivity contribution in [1.82, 2.24) is 39.7 Å². The molecule has 4 heterocycles. The fraction of sp³-hybridized carbons (Fsp3) is 0.548. The summed E-state index contributed by atoms with van der Waals surface area (Å²) in [7, 11) is 0. The molecule has 40 heavy (non-hydrogen) atoms. The number of thiazole rings is 1. The van der Waals surface area contributed by atoms with Gasteiger partial charge in [0.15, 0.2) is 0 Å². The first-order valence-corrected chi connectivity index (χ1v) is 15.4. The lowest BCUT2D eigenvalue weighted by molar-refractivity contribution is 0.119. The highest BCUT2D eigenvalue weighted by atomic mass is 32.1. The van der Waals surface area contributed by atoms with Crippen LogP contribution in [0.25, 0.3) is 0 Å². The van der Waals surface area contributed by atoms with Crippen molar-refractivity contribution in [2.45, 2.75) is 97.4 Å². The van der Waals surface area contributed by atoms with Gasteiger partial charge in [-0.2, -0.15) is 5.10 Å². The van der Waals surface area contributed by atoms with Gasteiger partial charge in [-0.1, -0.05) is 24.3 Å². The topological polar surface area (TPSA) is 76.7 Å². The predicted octanol–water partition coefficient (Wildman–Crippen LogP) is 4.92. The van der Waals surface area contributed by atoms with Crippen molar-refractivity contribution in [1.29, 1.82) is 0 Å². The van der Waals surface area contributed by atoms with E-state index in [0.29, 0.717) is 0 Å². The monoisotopic (exact) mass is 560 g/mol. The Morgan fingerprint density at radius 3 is 2.60 bits per heavy atom. The summed E-state index contributed by atoms with van der Waals surface area (Å²) in [5, 5.41) is 20.2. The minimum atomic E-state index is 0.00985. The second-order valence-electron chi connectivity index (χ2n) is 12.6. The van der Waals surface area contributed by atoms with Crippen molar-refractivity contribution in [2.75, 3.05) is 13.1 Å². The van der Waals surface area contributed by atoms with Gasteiger partial charge in [-0.25, -0.2) is 4.98 Å². The fourth-order valence-electron chi connectivity index (χ4n) is 5.44. The van der Waals surface area contributed by atoms with Gasteiger partial charge in [0.25, 0.3) is 0 Å². The van der Waals surface area contributed by atoms with E-state index in [-0.39, 0.29) is 11.1 Å². The Bertz CT molecular complexity index is 1340. The van der Waals surface area contributed by atoms with Crippen molar-refractivity contribution in [3.8, 4) is 0 Å². The van der Waals surface area contributed by atoms with Crippen molar-refractivity contribution < 1.29 is 0 Å². The minimum Gasteiger partial charge on any atom is -0.315 e. The van der Waals surface area contributed by atoms with E-state index < -0.39 is 0 Å². The second-order valence-corrected chi connectivity index (χ2v) is 13.6. The van der Waals surface area contributed by atoms with Crippen LogP contribution in [0.5, 0.6) is 0 Å². The molecular weight excluding hydrogens is 516 g/mol. The maximum Gasteiger partial charge on any atom is 0.134 e. The molecule has 0 saturated carbocycles. The van der Waals surface area contributed by atoms with Gasteiger partial charge in [0.2, 0.25) is 0 Å². The van der Waals surface area contributed by atoms with Gasteiger partial charge >= 0.3 is 0 Å². The second kappa shape index (κ2) is 12.3. The van der Waals surface area contributed by atoms with Gasteiger partial charge in [-0.3, -0.25) is 9.58 Å². The summed E-state index contributed by atoms with van der Waals surface area (Å²) in [6.07, 6.45) is 8.89. The predicted molar refractivity (Wildman–Crippen MR) is 162 cm³/mol. The van der Waals surface area contributed by atoms with Crippen molar-refractivity contribution >= 4 is 11.3 Å². The van der Waals surface area contributed by atoms with Crippen LogP contribution in [0.1, 0.15) is 74.5 Å². The zero-order chi connectivity index (χ0) is 28.2. The number of aryl methyl sites for hydroxylation is 1. The number of nitrogens with one attached hydrogen (secondary N) is 1. The molecule has 0 radical (unpaired) electrons. The highest BCUT2D eigenvalue weighted by Gasteiger charge is 2.23. The van der Waals surface area contributed by atoms with Crippen molar-refractivity contribution in [2.24, 2.45) is 0 Å². The zero-order valence-corrected chi connectivity index (χ0v) is 25.5. The van der Waals surface area contributed by atoms with E-state index in [1.807, 2.05) is 23.1 Å². The molecule has 0 saturated heterocycles. The Labute approximate surface area is 242 Å². The molecule has 0 fully saturated rings. The largest absolute Gasteiger partial charge is 0.315 e. The average molecular weight is 561 g/mol. The average Bonchev–Trinajstić information content (AvgIpc) is 3.69. The fourth-order valence-corrected chi connectivity index (χ4v) is 6.26. The summed E-state index contributed by atoms with van der Waals surface area (Å²) < 4.78 is 4.29. The molecule has 0 spiro atoms. The molecule has 1 aliphatic rings. The van der Waals surface area contributed by atoms with E-state index in [4.69, 9.17) is 4.98 Å². The Balaban J connectivity index is 1.10. The number of benzene rings is 1. The standard InChI is InChI=1S/C31H44N8S/c1-30(2,3)37(18-19-38-16-7-14-33-38)22-26-23-40-29(34-26)20-24-9-11-25(12-10-24)21-31(4,5)32-15-13-28-36-35-27-8-6-17-39(27)28/h7,9-12,14,16,23,32H,6,8,13,15,17-22H2,1-5H3. The molecular formula is C31H44N8S. The molecule has 9 heteroatoms. The van der Waals surface area contributed by atoms with Crippen LogP contribution >= 0.6 is 11.3 Å². The lowest BCUT2D eigenvalue weighted by Crippen LogP contribution is -2.42. The molecule has 0 aliphatic carbocycles. The van der Waals surface area contributed by atoms with E-state index in [9.17, 15) is 0 Å². The Morgan fingerprint density at radius 2 is 1.85 bits per heavy atom. The molecule has 0 unspecified atom stereocenters. The maximum atomic E-state index is 5.00. The molecule has 3 aromatic heterocycles. The van der Waals surface area contributed by atoms with E-state index in [1.165, 1.54) is 22.6 Å². The third-order valence-electron chi connectivity index (χ3n) is 7.72. The third-order valence-corrected chi connectivity index (χ3v) is 8.62. The molecule has 4 aromatic rings. The number of aromatic nitrogens is 6. The van der Waals surface area contributed by atoms with Gasteiger partial charge in [-0.05, 0) is 64.7 Å². The maximum absolute atomic E-state index is 5.00. The number of hydrogen-bond donors (Lipinski definition) is 1. The summed E-state index contributed by atoms with van der Waals surface area (Å²) >= 11 is 1.77. The number of rotatable bonds is 13. The zero-order valence-electron chi connectivity index (χ0n) is 24.7. The van der Waals surface area contributed by atoms with Crippen LogP contribution in [0.2, 0.25) is 0 Å². The summed E-state index contributed by atoms with van der Waals surface area (Å²) in [5.41, 5.74) is 3.88. The van der Waals surface area contributed by atoms with Gasteiger partial charge in [0.1, 0.15) is 11.6 Å². The Hall–Kier alpha value is -2.88. The molecule has 1 aliphatic heterocycles. The lowest BCUT2D eigenvalue weighted by atomic mass is 9.94. The quantitative estimate of drug-likeness (QED) is 0.250. The number of fused-ring (bicyclic) bond motifs is 1. The molecule has 8 nitrogen and oxygen atoms in total. The van der Waals surface area contributed by atoms with E-state index in [0.717, 1.165) is 75.7 Å². The SMILES string of the molecule is CC(C)(Cc1ccc(Cc2nc(CN(CCn3cccn3)C(C)(C)C)cs2)cc1)NCCc1nnc2n1CCC2. The number of hydrogen-bond acceptors (Lipinski definition) is 7. The van der Waals surface area contributed by atoms with Crippen LogP contribution in [0.3, 0.4) is 0 Å². The smallest absolute Gasteiger partial charge is 0.134 e. The molecule has 0 bridgehead atoms. The van der Waals surface area contributed by atoms with Gasteiger partial charge < -0.3 is 9.88 Å². The van der Waals surface area contributed by atoms with Crippen LogP contribution < -0.4 is 5.32 Å². The first-order valence-electron chi connectivity index (χ1n) is 14.5.